The van der Waals surface area contributed by atoms with Gasteiger partial charge in [0.05, 0.1) is 35.2 Å². The van der Waals surface area contributed by atoms with Crippen molar-refractivity contribution in [3.8, 4) is 11.5 Å². The number of hydrogen-bond donors (Lipinski definition) is 0. The molecule has 0 radical (unpaired) electrons. The minimum atomic E-state index is -0.737. The minimum absolute atomic E-state index is 0.0480. The first kappa shape index (κ1) is 25.8. The van der Waals surface area contributed by atoms with E-state index in [-0.39, 0.29) is 46.8 Å². The molecule has 1 saturated heterocycles. The number of rotatable bonds is 10. The number of esters is 1. The third-order valence-electron chi connectivity index (χ3n) is 4.77. The lowest BCUT2D eigenvalue weighted by Crippen LogP contribution is -2.34. The number of carbonyl (C=O) groups is 3. The molecule has 1 aliphatic heterocycles. The molecule has 2 amide bonds. The van der Waals surface area contributed by atoms with Crippen molar-refractivity contribution in [3.05, 3.63) is 68.6 Å². The highest BCUT2D eigenvalue weighted by atomic mass is 32.2. The number of nitro groups is 1. The number of nitro benzene ring substituents is 1. The molecule has 2 aromatic carbocycles. The van der Waals surface area contributed by atoms with Crippen LogP contribution >= 0.6 is 11.8 Å². The predicted octanol–water partition coefficient (Wildman–Crippen LogP) is 4.42. The average molecular weight is 501 g/mol. The van der Waals surface area contributed by atoms with Crippen LogP contribution in [0, 0.1) is 16.0 Å². The molecule has 1 aliphatic rings. The van der Waals surface area contributed by atoms with Crippen molar-refractivity contribution in [1.82, 2.24) is 4.90 Å². The Hall–Kier alpha value is -3.86. The van der Waals surface area contributed by atoms with Gasteiger partial charge in [0.15, 0.2) is 11.5 Å². The first-order valence-corrected chi connectivity index (χ1v) is 11.5. The third-order valence-corrected chi connectivity index (χ3v) is 5.68. The number of benzene rings is 2. The number of imide groups is 1. The van der Waals surface area contributed by atoms with Crippen LogP contribution in [0.3, 0.4) is 0 Å². The van der Waals surface area contributed by atoms with Gasteiger partial charge in [0, 0.05) is 0 Å². The second-order valence-corrected chi connectivity index (χ2v) is 8.93. The molecule has 11 heteroatoms. The summed E-state index contributed by atoms with van der Waals surface area (Å²) in [6.45, 7) is 3.51. The SMILES string of the molecule is COc1cc(/C=C2/SC(=O)N(CC(=O)OCC(C)C)C2=O)c([N+](=O)[O-])cc1OCc1ccccc1. The van der Waals surface area contributed by atoms with Gasteiger partial charge in [-0.3, -0.25) is 29.4 Å². The fourth-order valence-corrected chi connectivity index (χ4v) is 3.89. The molecule has 0 aromatic heterocycles. The van der Waals surface area contributed by atoms with Crippen LogP contribution in [-0.2, 0) is 20.9 Å². The van der Waals surface area contributed by atoms with E-state index >= 15 is 0 Å². The monoisotopic (exact) mass is 500 g/mol. The Balaban J connectivity index is 1.84. The van der Waals surface area contributed by atoms with E-state index in [1.165, 1.54) is 25.3 Å². The zero-order chi connectivity index (χ0) is 25.5. The van der Waals surface area contributed by atoms with Crippen LogP contribution in [0.2, 0.25) is 0 Å². The summed E-state index contributed by atoms with van der Waals surface area (Å²) in [7, 11) is 1.39. The number of carbonyl (C=O) groups excluding carboxylic acids is 3. The Morgan fingerprint density at radius 2 is 1.89 bits per heavy atom. The second kappa shape index (κ2) is 11.5. The number of hydrogen-bond acceptors (Lipinski definition) is 9. The maximum atomic E-state index is 12.7. The largest absolute Gasteiger partial charge is 0.493 e. The van der Waals surface area contributed by atoms with E-state index < -0.39 is 28.6 Å². The lowest BCUT2D eigenvalue weighted by Gasteiger charge is -2.13. The second-order valence-electron chi connectivity index (χ2n) is 7.94. The zero-order valence-corrected chi connectivity index (χ0v) is 20.2. The fourth-order valence-electron chi connectivity index (χ4n) is 3.06. The molecule has 35 heavy (non-hydrogen) atoms. The van der Waals surface area contributed by atoms with Gasteiger partial charge >= 0.3 is 5.97 Å². The van der Waals surface area contributed by atoms with Gasteiger partial charge in [-0.25, -0.2) is 0 Å². The molecule has 184 valence electrons. The van der Waals surface area contributed by atoms with Gasteiger partial charge in [0.1, 0.15) is 13.2 Å². The number of thioether (sulfide) groups is 1. The molecule has 1 heterocycles. The Morgan fingerprint density at radius 1 is 1.17 bits per heavy atom. The molecule has 0 spiro atoms. The number of methoxy groups -OCH3 is 1. The summed E-state index contributed by atoms with van der Waals surface area (Å²) >= 11 is 0.585. The topological polar surface area (TPSA) is 125 Å². The van der Waals surface area contributed by atoms with Crippen molar-refractivity contribution < 1.29 is 33.5 Å². The molecular weight excluding hydrogens is 476 g/mol. The van der Waals surface area contributed by atoms with Gasteiger partial charge in [-0.05, 0) is 35.4 Å². The van der Waals surface area contributed by atoms with E-state index in [0.29, 0.717) is 11.8 Å². The summed E-state index contributed by atoms with van der Waals surface area (Å²) in [5.74, 6) is -0.978. The van der Waals surface area contributed by atoms with Crippen LogP contribution in [0.5, 0.6) is 11.5 Å². The van der Waals surface area contributed by atoms with Gasteiger partial charge < -0.3 is 14.2 Å². The molecule has 0 N–H and O–H groups in total. The molecule has 3 rings (SSSR count). The lowest BCUT2D eigenvalue weighted by molar-refractivity contribution is -0.385. The molecule has 0 unspecified atom stereocenters. The lowest BCUT2D eigenvalue weighted by atomic mass is 10.1. The van der Waals surface area contributed by atoms with Crippen LogP contribution < -0.4 is 9.47 Å². The van der Waals surface area contributed by atoms with Crippen LogP contribution in [0.4, 0.5) is 10.5 Å². The molecular formula is C24H24N2O8S. The highest BCUT2D eigenvalue weighted by molar-refractivity contribution is 8.18. The first-order valence-electron chi connectivity index (χ1n) is 10.6. The summed E-state index contributed by atoms with van der Waals surface area (Å²) in [5.41, 5.74) is 0.575. The van der Waals surface area contributed by atoms with Crippen LogP contribution in [0.1, 0.15) is 25.0 Å². The highest BCUT2D eigenvalue weighted by Crippen LogP contribution is 2.39. The summed E-state index contributed by atoms with van der Waals surface area (Å²) in [6, 6.07) is 11.8. The standard InChI is InChI=1S/C24H24N2O8S/c1-15(2)13-34-22(27)12-25-23(28)21(35-24(25)29)10-17-9-19(32-3)20(11-18(17)26(30)31)33-14-16-7-5-4-6-8-16/h4-11,15H,12-14H2,1-3H3/b21-10+. The predicted molar refractivity (Wildman–Crippen MR) is 129 cm³/mol. The van der Waals surface area contributed by atoms with E-state index in [1.54, 1.807) is 0 Å². The van der Waals surface area contributed by atoms with Crippen molar-refractivity contribution in [2.24, 2.45) is 5.92 Å². The van der Waals surface area contributed by atoms with Crippen molar-refractivity contribution in [3.63, 3.8) is 0 Å². The van der Waals surface area contributed by atoms with E-state index in [4.69, 9.17) is 14.2 Å². The number of ether oxygens (including phenoxy) is 3. The molecule has 0 aliphatic carbocycles. The summed E-state index contributed by atoms with van der Waals surface area (Å²) < 4.78 is 16.1. The summed E-state index contributed by atoms with van der Waals surface area (Å²) in [4.78, 5) is 48.9. The molecule has 0 saturated carbocycles. The summed E-state index contributed by atoms with van der Waals surface area (Å²) in [5, 5.41) is 11.1. The molecule has 2 aromatic rings. The number of nitrogens with zero attached hydrogens (tertiary/aromatic N) is 2. The van der Waals surface area contributed by atoms with Crippen LogP contribution in [-0.4, -0.2) is 47.2 Å². The Labute approximate surface area is 206 Å². The molecule has 0 bridgehead atoms. The Bertz CT molecular complexity index is 1160. The van der Waals surface area contributed by atoms with E-state index in [9.17, 15) is 24.5 Å². The van der Waals surface area contributed by atoms with Crippen molar-refractivity contribution in [2.45, 2.75) is 20.5 Å². The van der Waals surface area contributed by atoms with Gasteiger partial charge in [-0.2, -0.15) is 0 Å². The molecule has 1 fully saturated rings. The normalized spacial score (nSPS) is 14.5. The third kappa shape index (κ3) is 6.60. The average Bonchev–Trinajstić information content (AvgIpc) is 3.09. The van der Waals surface area contributed by atoms with E-state index in [1.807, 2.05) is 44.2 Å². The van der Waals surface area contributed by atoms with Crippen molar-refractivity contribution in [1.29, 1.82) is 0 Å². The van der Waals surface area contributed by atoms with Crippen LogP contribution in [0.15, 0.2) is 47.4 Å². The van der Waals surface area contributed by atoms with Gasteiger partial charge in [0.25, 0.3) is 16.8 Å². The van der Waals surface area contributed by atoms with Gasteiger partial charge in [-0.15, -0.1) is 0 Å². The van der Waals surface area contributed by atoms with E-state index in [0.717, 1.165) is 10.5 Å². The van der Waals surface area contributed by atoms with Gasteiger partial charge in [0.2, 0.25) is 0 Å². The number of amides is 2. The van der Waals surface area contributed by atoms with Crippen molar-refractivity contribution in [2.75, 3.05) is 20.3 Å². The first-order chi connectivity index (χ1) is 16.7. The fraction of sp³-hybridized carbons (Fsp3) is 0.292. The Morgan fingerprint density at radius 3 is 2.51 bits per heavy atom. The maximum Gasteiger partial charge on any atom is 0.326 e. The molecule has 10 nitrogen and oxygen atoms in total. The minimum Gasteiger partial charge on any atom is -0.493 e. The summed E-state index contributed by atoms with van der Waals surface area (Å²) in [6.07, 6.45) is 1.23. The quantitative estimate of drug-likeness (QED) is 0.202. The molecule has 0 atom stereocenters. The maximum absolute atomic E-state index is 12.7. The van der Waals surface area contributed by atoms with Crippen molar-refractivity contribution >= 4 is 40.6 Å². The highest BCUT2D eigenvalue weighted by Gasteiger charge is 2.37. The smallest absolute Gasteiger partial charge is 0.326 e. The van der Waals surface area contributed by atoms with Crippen LogP contribution in [0.25, 0.3) is 6.08 Å². The van der Waals surface area contributed by atoms with Gasteiger partial charge in [-0.1, -0.05) is 44.2 Å². The Kier molecular flexibility index (Phi) is 8.48. The zero-order valence-electron chi connectivity index (χ0n) is 19.4. The van der Waals surface area contributed by atoms with E-state index in [2.05, 4.69) is 0 Å².